The number of nitrogens with two attached hydrogens (primary N) is 1. The molecule has 16 heavy (non-hydrogen) atoms. The van der Waals surface area contributed by atoms with Crippen LogP contribution in [0.5, 0.6) is 0 Å². The van der Waals surface area contributed by atoms with Crippen molar-refractivity contribution in [1.82, 2.24) is 0 Å². The lowest BCUT2D eigenvalue weighted by Gasteiger charge is -2.12. The van der Waals surface area contributed by atoms with E-state index in [1.54, 1.807) is 25.1 Å². The molecule has 0 spiro atoms. The van der Waals surface area contributed by atoms with Crippen LogP contribution in [-0.2, 0) is 16.0 Å². The third-order valence-corrected chi connectivity index (χ3v) is 2.45. The quantitative estimate of drug-likeness (QED) is 0.520. The molecule has 0 saturated heterocycles. The molecule has 86 valence electrons. The predicted octanol–water partition coefficient (Wildman–Crippen LogP) is 0.905. The lowest BCUT2D eigenvalue weighted by atomic mass is 9.95. The van der Waals surface area contributed by atoms with E-state index < -0.39 is 17.9 Å². The molecule has 1 aromatic rings. The summed E-state index contributed by atoms with van der Waals surface area (Å²) in [5.41, 5.74) is 7.49. The third-order valence-electron chi connectivity index (χ3n) is 2.45. The van der Waals surface area contributed by atoms with Crippen LogP contribution in [0.25, 0.3) is 0 Å². The number of carboxylic acid groups (broad SMARTS) is 2. The molecule has 1 aromatic carbocycles. The Balaban J connectivity index is 3.03. The average Bonchev–Trinajstić information content (AvgIpc) is 2.15. The third kappa shape index (κ3) is 2.50. The molecular weight excluding hydrogens is 210 g/mol. The highest BCUT2D eigenvalue weighted by atomic mass is 16.4. The summed E-state index contributed by atoms with van der Waals surface area (Å²) in [4.78, 5) is 21.5. The Kier molecular flexibility index (Phi) is 3.50. The lowest BCUT2D eigenvalue weighted by molar-refractivity contribution is -0.154. The van der Waals surface area contributed by atoms with Crippen molar-refractivity contribution in [2.75, 3.05) is 5.73 Å². The van der Waals surface area contributed by atoms with Crippen LogP contribution in [-0.4, -0.2) is 22.2 Å². The normalized spacial score (nSPS) is 10.4. The van der Waals surface area contributed by atoms with Crippen LogP contribution in [0.1, 0.15) is 11.1 Å². The second kappa shape index (κ2) is 4.65. The fourth-order valence-electron chi connectivity index (χ4n) is 1.49. The number of carboxylic acids is 2. The van der Waals surface area contributed by atoms with Crippen molar-refractivity contribution in [2.45, 2.75) is 13.3 Å². The molecule has 5 heteroatoms. The SMILES string of the molecule is Cc1cccc(N)c1CC(C(=O)O)C(=O)O. The highest BCUT2D eigenvalue weighted by Crippen LogP contribution is 2.20. The van der Waals surface area contributed by atoms with Gasteiger partial charge in [0.1, 0.15) is 0 Å². The van der Waals surface area contributed by atoms with Gasteiger partial charge in [0.05, 0.1) is 0 Å². The number of nitrogen functional groups attached to an aromatic ring is 1. The molecule has 4 N–H and O–H groups in total. The summed E-state index contributed by atoms with van der Waals surface area (Å²) < 4.78 is 0. The molecule has 0 aliphatic rings. The van der Waals surface area contributed by atoms with Crippen molar-refractivity contribution in [2.24, 2.45) is 5.92 Å². The van der Waals surface area contributed by atoms with Crippen LogP contribution in [0, 0.1) is 12.8 Å². The molecule has 0 unspecified atom stereocenters. The van der Waals surface area contributed by atoms with E-state index in [0.717, 1.165) is 5.56 Å². The zero-order chi connectivity index (χ0) is 12.3. The van der Waals surface area contributed by atoms with E-state index in [-0.39, 0.29) is 6.42 Å². The van der Waals surface area contributed by atoms with Gasteiger partial charge in [0, 0.05) is 5.69 Å². The van der Waals surface area contributed by atoms with Crippen LogP contribution in [0.4, 0.5) is 5.69 Å². The van der Waals surface area contributed by atoms with Gasteiger partial charge in [-0.2, -0.15) is 0 Å². The molecule has 0 aliphatic carbocycles. The first-order valence-corrected chi connectivity index (χ1v) is 4.73. The van der Waals surface area contributed by atoms with E-state index in [0.29, 0.717) is 11.3 Å². The van der Waals surface area contributed by atoms with Gasteiger partial charge in [-0.25, -0.2) is 0 Å². The molecule has 0 heterocycles. The van der Waals surface area contributed by atoms with Gasteiger partial charge in [-0.3, -0.25) is 9.59 Å². The van der Waals surface area contributed by atoms with E-state index >= 15 is 0 Å². The van der Waals surface area contributed by atoms with Gasteiger partial charge in [0.15, 0.2) is 5.92 Å². The van der Waals surface area contributed by atoms with Crippen molar-refractivity contribution in [3.05, 3.63) is 29.3 Å². The second-order valence-corrected chi connectivity index (χ2v) is 3.58. The lowest BCUT2D eigenvalue weighted by Crippen LogP contribution is -2.26. The number of hydrogen-bond donors (Lipinski definition) is 3. The zero-order valence-corrected chi connectivity index (χ0v) is 8.80. The molecule has 0 atom stereocenters. The standard InChI is InChI=1S/C11H13NO4/c1-6-3-2-4-9(12)7(6)5-8(10(13)14)11(15)16/h2-4,8H,5,12H2,1H3,(H,13,14)(H,15,16). The van der Waals surface area contributed by atoms with Gasteiger partial charge >= 0.3 is 11.9 Å². The first kappa shape index (κ1) is 12.0. The van der Waals surface area contributed by atoms with E-state index in [2.05, 4.69) is 0 Å². The van der Waals surface area contributed by atoms with Crippen LogP contribution in [0.3, 0.4) is 0 Å². The minimum Gasteiger partial charge on any atom is -0.481 e. The summed E-state index contributed by atoms with van der Waals surface area (Å²) in [5.74, 6) is -4.16. The molecule has 0 fully saturated rings. The Morgan fingerprint density at radius 2 is 1.88 bits per heavy atom. The minimum absolute atomic E-state index is 0.0941. The molecule has 0 radical (unpaired) electrons. The maximum Gasteiger partial charge on any atom is 0.318 e. The number of benzene rings is 1. The average molecular weight is 223 g/mol. The fourth-order valence-corrected chi connectivity index (χ4v) is 1.49. The summed E-state index contributed by atoms with van der Waals surface area (Å²) >= 11 is 0. The first-order valence-electron chi connectivity index (χ1n) is 4.73. The number of anilines is 1. The van der Waals surface area contributed by atoms with Gasteiger partial charge < -0.3 is 15.9 Å². The molecule has 5 nitrogen and oxygen atoms in total. The van der Waals surface area contributed by atoms with Gasteiger partial charge in [-0.05, 0) is 30.5 Å². The molecular formula is C11H13NO4. The minimum atomic E-state index is -1.46. The summed E-state index contributed by atoms with van der Waals surface area (Å²) in [6, 6.07) is 5.14. The van der Waals surface area contributed by atoms with Crippen molar-refractivity contribution in [1.29, 1.82) is 0 Å². The second-order valence-electron chi connectivity index (χ2n) is 3.58. The molecule has 1 rings (SSSR count). The van der Waals surface area contributed by atoms with Gasteiger partial charge in [-0.1, -0.05) is 12.1 Å². The largest absolute Gasteiger partial charge is 0.481 e. The van der Waals surface area contributed by atoms with E-state index in [1.807, 2.05) is 0 Å². The molecule has 0 aromatic heterocycles. The number of carbonyl (C=O) groups is 2. The fraction of sp³-hybridized carbons (Fsp3) is 0.273. The van der Waals surface area contributed by atoms with Gasteiger partial charge in [-0.15, -0.1) is 0 Å². The number of aliphatic carboxylic acids is 2. The summed E-state index contributed by atoms with van der Waals surface area (Å²) in [6.45, 7) is 1.77. The van der Waals surface area contributed by atoms with E-state index in [1.165, 1.54) is 0 Å². The molecule has 0 aliphatic heterocycles. The topological polar surface area (TPSA) is 101 Å². The van der Waals surface area contributed by atoms with Crippen LogP contribution >= 0.6 is 0 Å². The summed E-state index contributed by atoms with van der Waals surface area (Å²) in [5, 5.41) is 17.5. The van der Waals surface area contributed by atoms with Gasteiger partial charge in [0.25, 0.3) is 0 Å². The van der Waals surface area contributed by atoms with Crippen LogP contribution < -0.4 is 5.73 Å². The molecule has 0 bridgehead atoms. The zero-order valence-electron chi connectivity index (χ0n) is 8.80. The van der Waals surface area contributed by atoms with Crippen molar-refractivity contribution in [3.63, 3.8) is 0 Å². The Bertz CT molecular complexity index is 394. The molecule has 0 saturated carbocycles. The Morgan fingerprint density at radius 1 is 1.31 bits per heavy atom. The maximum atomic E-state index is 10.7. The van der Waals surface area contributed by atoms with Crippen molar-refractivity contribution < 1.29 is 19.8 Å². The predicted molar refractivity (Wildman–Crippen MR) is 58.1 cm³/mol. The van der Waals surface area contributed by atoms with Crippen LogP contribution in [0.15, 0.2) is 18.2 Å². The number of aryl methyl sites for hydroxylation is 1. The summed E-state index contributed by atoms with van der Waals surface area (Å²) in [6.07, 6.45) is -0.0941. The monoisotopic (exact) mass is 223 g/mol. The highest BCUT2D eigenvalue weighted by Gasteiger charge is 2.27. The highest BCUT2D eigenvalue weighted by molar-refractivity contribution is 5.93. The Labute approximate surface area is 92.5 Å². The summed E-state index contributed by atoms with van der Waals surface area (Å²) in [7, 11) is 0. The Morgan fingerprint density at radius 3 is 2.31 bits per heavy atom. The van der Waals surface area contributed by atoms with Crippen LogP contribution in [0.2, 0.25) is 0 Å². The molecule has 0 amide bonds. The van der Waals surface area contributed by atoms with Crippen molar-refractivity contribution in [3.8, 4) is 0 Å². The van der Waals surface area contributed by atoms with E-state index in [4.69, 9.17) is 15.9 Å². The number of hydrogen-bond acceptors (Lipinski definition) is 3. The van der Waals surface area contributed by atoms with E-state index in [9.17, 15) is 9.59 Å². The van der Waals surface area contributed by atoms with Crippen molar-refractivity contribution >= 4 is 17.6 Å². The first-order chi connectivity index (χ1) is 7.43. The number of rotatable bonds is 4. The van der Waals surface area contributed by atoms with Gasteiger partial charge in [0.2, 0.25) is 0 Å². The maximum absolute atomic E-state index is 10.7. The Hall–Kier alpha value is -2.04. The smallest absolute Gasteiger partial charge is 0.318 e.